The number of sulfonamides is 1. The normalized spacial score (nSPS) is 15.1. The Balaban J connectivity index is 3.11. The summed E-state index contributed by atoms with van der Waals surface area (Å²) >= 11 is 0.873. The molecule has 0 saturated carbocycles. The number of carbonyl (C=O) groups is 1. The number of hydrogen-bond donors (Lipinski definition) is 2. The van der Waals surface area contributed by atoms with Gasteiger partial charge in [-0.05, 0) is 24.8 Å². The summed E-state index contributed by atoms with van der Waals surface area (Å²) in [6, 6.07) is -0.531. The van der Waals surface area contributed by atoms with E-state index in [-0.39, 0.29) is 15.5 Å². The smallest absolute Gasteiger partial charge is 0.347 e. The standard InChI is InChI=1S/C10H15NO5S3/c1-6-4-17-8(10(12)13)9(6)19(15,16)11-7(2)5-18(3)14/h4,7,11H,5H2,1-3H3,(H,12,13). The Morgan fingerprint density at radius 2 is 2.16 bits per heavy atom. The van der Waals surface area contributed by atoms with Crippen LogP contribution in [0.1, 0.15) is 22.2 Å². The molecule has 0 fully saturated rings. The van der Waals surface area contributed by atoms with Crippen molar-refractivity contribution >= 4 is 38.1 Å². The SMILES string of the molecule is Cc1csc(C(=O)O)c1S(=O)(=O)NC(C)CS(C)=O. The number of nitrogens with one attached hydrogen (secondary N) is 1. The summed E-state index contributed by atoms with van der Waals surface area (Å²) in [6.07, 6.45) is 1.48. The number of rotatable bonds is 6. The number of aromatic carboxylic acids is 1. The lowest BCUT2D eigenvalue weighted by atomic mass is 10.3. The largest absolute Gasteiger partial charge is 0.477 e. The van der Waals surface area contributed by atoms with Gasteiger partial charge in [0.25, 0.3) is 0 Å². The van der Waals surface area contributed by atoms with Crippen LogP contribution in [0.15, 0.2) is 10.3 Å². The summed E-state index contributed by atoms with van der Waals surface area (Å²) in [5.41, 5.74) is 0.389. The molecule has 1 rings (SSSR count). The maximum absolute atomic E-state index is 12.2. The zero-order valence-electron chi connectivity index (χ0n) is 10.7. The van der Waals surface area contributed by atoms with E-state index in [1.165, 1.54) is 11.6 Å². The minimum absolute atomic E-state index is 0.171. The molecule has 1 heterocycles. The number of carboxylic acids is 1. The van der Waals surface area contributed by atoms with Gasteiger partial charge >= 0.3 is 5.97 Å². The van der Waals surface area contributed by atoms with Crippen molar-refractivity contribution in [3.63, 3.8) is 0 Å². The van der Waals surface area contributed by atoms with Crippen LogP contribution in [0.2, 0.25) is 0 Å². The number of carboxylic acid groups (broad SMARTS) is 1. The molecule has 2 N–H and O–H groups in total. The average Bonchev–Trinajstić information content (AvgIpc) is 2.58. The second kappa shape index (κ2) is 6.12. The fraction of sp³-hybridized carbons (Fsp3) is 0.500. The minimum atomic E-state index is -3.92. The molecule has 0 bridgehead atoms. The topological polar surface area (TPSA) is 101 Å². The van der Waals surface area contributed by atoms with Crippen molar-refractivity contribution in [2.24, 2.45) is 0 Å². The molecule has 6 nitrogen and oxygen atoms in total. The van der Waals surface area contributed by atoms with Crippen LogP contribution in [0.5, 0.6) is 0 Å². The average molecular weight is 325 g/mol. The number of hydrogen-bond acceptors (Lipinski definition) is 5. The van der Waals surface area contributed by atoms with Gasteiger partial charge in [0.15, 0.2) is 0 Å². The van der Waals surface area contributed by atoms with Crippen molar-refractivity contribution in [2.45, 2.75) is 24.8 Å². The Morgan fingerprint density at radius 1 is 1.58 bits per heavy atom. The lowest BCUT2D eigenvalue weighted by Gasteiger charge is -2.13. The van der Waals surface area contributed by atoms with Crippen LogP contribution in [0, 0.1) is 6.92 Å². The van der Waals surface area contributed by atoms with Crippen LogP contribution in [0.4, 0.5) is 0 Å². The molecule has 0 spiro atoms. The second-order valence-corrected chi connectivity index (χ2v) is 8.15. The first kappa shape index (κ1) is 16.3. The molecule has 19 heavy (non-hydrogen) atoms. The Bertz CT molecular complexity index is 605. The Hall–Kier alpha value is -0.770. The predicted octanol–water partition coefficient (Wildman–Crippen LogP) is 0.800. The summed E-state index contributed by atoms with van der Waals surface area (Å²) in [5.74, 6) is -1.10. The van der Waals surface area contributed by atoms with E-state index in [0.717, 1.165) is 11.3 Å². The molecule has 0 aliphatic carbocycles. The molecule has 0 radical (unpaired) electrons. The fourth-order valence-corrected chi connectivity index (χ4v) is 5.39. The van der Waals surface area contributed by atoms with Crippen LogP contribution in [-0.4, -0.2) is 41.8 Å². The summed E-state index contributed by atoms with van der Waals surface area (Å²) in [4.78, 5) is 10.6. The third-order valence-electron chi connectivity index (χ3n) is 2.22. The molecule has 108 valence electrons. The van der Waals surface area contributed by atoms with Gasteiger partial charge in [0.1, 0.15) is 9.77 Å². The highest BCUT2D eigenvalue weighted by Gasteiger charge is 2.28. The third-order valence-corrected chi connectivity index (χ3v) is 6.18. The summed E-state index contributed by atoms with van der Waals surface area (Å²) in [7, 11) is -5.06. The van der Waals surface area contributed by atoms with Crippen molar-refractivity contribution in [1.82, 2.24) is 4.72 Å². The highest BCUT2D eigenvalue weighted by atomic mass is 32.2. The van der Waals surface area contributed by atoms with E-state index in [9.17, 15) is 17.4 Å². The van der Waals surface area contributed by atoms with Crippen LogP contribution < -0.4 is 4.72 Å². The first-order valence-electron chi connectivity index (χ1n) is 5.29. The monoisotopic (exact) mass is 325 g/mol. The third kappa shape index (κ3) is 4.10. The van der Waals surface area contributed by atoms with E-state index in [1.54, 1.807) is 13.8 Å². The summed E-state index contributed by atoms with van der Waals surface area (Å²) in [5, 5.41) is 10.5. The zero-order valence-corrected chi connectivity index (χ0v) is 13.1. The van der Waals surface area contributed by atoms with Gasteiger partial charge < -0.3 is 5.11 Å². The molecule has 9 heteroatoms. The van der Waals surface area contributed by atoms with Gasteiger partial charge in [-0.2, -0.15) is 0 Å². The predicted molar refractivity (Wildman–Crippen MR) is 74.7 cm³/mol. The van der Waals surface area contributed by atoms with Gasteiger partial charge in [-0.25, -0.2) is 17.9 Å². The van der Waals surface area contributed by atoms with E-state index in [0.29, 0.717) is 5.56 Å². The molecule has 0 aliphatic heterocycles. The molecule has 2 atom stereocenters. The van der Waals surface area contributed by atoms with Crippen molar-refractivity contribution < 1.29 is 22.5 Å². The Morgan fingerprint density at radius 3 is 2.63 bits per heavy atom. The molecule has 0 saturated heterocycles. The van der Waals surface area contributed by atoms with E-state index in [2.05, 4.69) is 4.72 Å². The van der Waals surface area contributed by atoms with Gasteiger partial charge in [0.2, 0.25) is 10.0 Å². The van der Waals surface area contributed by atoms with Crippen molar-refractivity contribution in [3.05, 3.63) is 15.8 Å². The summed E-state index contributed by atoms with van der Waals surface area (Å²) < 4.78 is 37.7. The molecular formula is C10H15NO5S3. The fourth-order valence-electron chi connectivity index (χ4n) is 1.62. The molecule has 0 amide bonds. The van der Waals surface area contributed by atoms with E-state index in [1.807, 2.05) is 0 Å². The van der Waals surface area contributed by atoms with Crippen molar-refractivity contribution in [2.75, 3.05) is 12.0 Å². The van der Waals surface area contributed by atoms with Crippen LogP contribution in [-0.2, 0) is 20.8 Å². The van der Waals surface area contributed by atoms with Gasteiger partial charge in [-0.1, -0.05) is 0 Å². The van der Waals surface area contributed by atoms with Crippen molar-refractivity contribution in [1.29, 1.82) is 0 Å². The van der Waals surface area contributed by atoms with E-state index >= 15 is 0 Å². The molecular weight excluding hydrogens is 310 g/mol. The first-order chi connectivity index (χ1) is 8.65. The van der Waals surface area contributed by atoms with Gasteiger partial charge in [-0.15, -0.1) is 11.3 Å². The highest BCUT2D eigenvalue weighted by molar-refractivity contribution is 7.90. The molecule has 1 aromatic heterocycles. The van der Waals surface area contributed by atoms with E-state index < -0.39 is 32.8 Å². The first-order valence-corrected chi connectivity index (χ1v) is 9.38. The lowest BCUT2D eigenvalue weighted by Crippen LogP contribution is -2.36. The molecule has 0 aliphatic rings. The van der Waals surface area contributed by atoms with Crippen LogP contribution in [0.3, 0.4) is 0 Å². The second-order valence-electron chi connectivity index (χ2n) is 4.14. The van der Waals surface area contributed by atoms with Gasteiger partial charge in [0.05, 0.1) is 0 Å². The molecule has 0 aromatic carbocycles. The maximum Gasteiger partial charge on any atom is 0.347 e. The highest BCUT2D eigenvalue weighted by Crippen LogP contribution is 2.26. The van der Waals surface area contributed by atoms with E-state index in [4.69, 9.17) is 5.11 Å². The zero-order chi connectivity index (χ0) is 14.8. The van der Waals surface area contributed by atoms with Gasteiger partial charge in [0, 0.05) is 28.9 Å². The lowest BCUT2D eigenvalue weighted by molar-refractivity contribution is 0.0698. The molecule has 2 unspecified atom stereocenters. The summed E-state index contributed by atoms with van der Waals surface area (Å²) in [6.45, 7) is 3.13. The quantitative estimate of drug-likeness (QED) is 0.806. The number of aryl methyl sites for hydroxylation is 1. The molecule has 1 aromatic rings. The van der Waals surface area contributed by atoms with Gasteiger partial charge in [-0.3, -0.25) is 4.21 Å². The maximum atomic E-state index is 12.2. The van der Waals surface area contributed by atoms with Crippen LogP contribution in [0.25, 0.3) is 0 Å². The minimum Gasteiger partial charge on any atom is -0.477 e. The number of thiophene rings is 1. The van der Waals surface area contributed by atoms with Crippen molar-refractivity contribution in [3.8, 4) is 0 Å². The Kier molecular flexibility index (Phi) is 5.25. The Labute approximate surface area is 118 Å². The van der Waals surface area contributed by atoms with Crippen LogP contribution >= 0.6 is 11.3 Å².